The van der Waals surface area contributed by atoms with E-state index in [0.717, 1.165) is 24.1 Å². The number of benzene rings is 1. The van der Waals surface area contributed by atoms with Crippen LogP contribution in [0.15, 0.2) is 36.4 Å². The highest BCUT2D eigenvalue weighted by Crippen LogP contribution is 2.33. The lowest BCUT2D eigenvalue weighted by molar-refractivity contribution is 0.312. The zero-order chi connectivity index (χ0) is 18.0. The summed E-state index contributed by atoms with van der Waals surface area (Å²) >= 11 is 0. The fraction of sp³-hybridized carbons (Fsp3) is 0.458. The molecule has 0 saturated carbocycles. The minimum absolute atomic E-state index is 0.400. The molecule has 1 aliphatic heterocycles. The largest absolute Gasteiger partial charge is 0.372 e. The molecule has 2 nitrogen and oxygen atoms in total. The lowest BCUT2D eigenvalue weighted by Gasteiger charge is -2.30. The lowest BCUT2D eigenvalue weighted by Crippen LogP contribution is -2.29. The molecule has 1 aromatic carbocycles. The maximum Gasteiger partial charge on any atom is 0.113 e. The van der Waals surface area contributed by atoms with Crippen molar-refractivity contribution >= 4 is 5.69 Å². The van der Waals surface area contributed by atoms with E-state index < -0.39 is 0 Å². The van der Waals surface area contributed by atoms with E-state index >= 15 is 0 Å². The molecule has 0 bridgehead atoms. The van der Waals surface area contributed by atoms with E-state index in [-0.39, 0.29) is 0 Å². The molecule has 0 N–H and O–H groups in total. The Labute approximate surface area is 157 Å². The summed E-state index contributed by atoms with van der Waals surface area (Å²) in [6, 6.07) is 13.0. The zero-order valence-corrected chi connectivity index (χ0v) is 16.0. The highest BCUT2D eigenvalue weighted by atomic mass is 15.1. The van der Waals surface area contributed by atoms with Gasteiger partial charge in [0.15, 0.2) is 0 Å². The number of piperidine rings is 1. The Hall–Kier alpha value is -2.27. The minimum atomic E-state index is 0.400. The number of anilines is 1. The Balaban J connectivity index is 1.53. The summed E-state index contributed by atoms with van der Waals surface area (Å²) in [6.07, 6.45) is 7.36. The zero-order valence-electron chi connectivity index (χ0n) is 16.0. The van der Waals surface area contributed by atoms with E-state index in [4.69, 9.17) is 4.98 Å². The maximum absolute atomic E-state index is 4.82. The van der Waals surface area contributed by atoms with Crippen molar-refractivity contribution < 1.29 is 0 Å². The van der Waals surface area contributed by atoms with Crippen LogP contribution in [-0.2, 0) is 12.8 Å². The van der Waals surface area contributed by atoms with Gasteiger partial charge in [0, 0.05) is 30.0 Å². The standard InChI is InChI=1S/C24H28N2/c1-24(2)14-13-23-20(18-24)10-12-21(25-23)11-9-19-7-6-8-22(17-19)26-15-4-3-5-16-26/h6-8,10,12,17H,3-5,13-16,18H2,1-2H3. The number of hydrogen-bond donors (Lipinski definition) is 0. The molecule has 1 aromatic heterocycles. The summed E-state index contributed by atoms with van der Waals surface area (Å²) in [5.74, 6) is 6.61. The average Bonchev–Trinajstić information content (AvgIpc) is 2.67. The fourth-order valence-corrected chi connectivity index (χ4v) is 4.11. The monoisotopic (exact) mass is 344 g/mol. The molecule has 134 valence electrons. The number of aryl methyl sites for hydroxylation is 1. The van der Waals surface area contributed by atoms with Gasteiger partial charge in [-0.3, -0.25) is 0 Å². The van der Waals surface area contributed by atoms with Gasteiger partial charge in [-0.1, -0.05) is 31.9 Å². The molecule has 2 aromatic rings. The molecule has 1 saturated heterocycles. The molecule has 0 amide bonds. The third-order valence-electron chi connectivity index (χ3n) is 5.68. The third kappa shape index (κ3) is 3.93. The quantitative estimate of drug-likeness (QED) is 0.678. The highest BCUT2D eigenvalue weighted by Gasteiger charge is 2.25. The molecular formula is C24H28N2. The van der Waals surface area contributed by atoms with Crippen LogP contribution >= 0.6 is 0 Å². The Morgan fingerprint density at radius 1 is 1.00 bits per heavy atom. The predicted molar refractivity (Wildman–Crippen MR) is 109 cm³/mol. The van der Waals surface area contributed by atoms with Crippen LogP contribution in [0.3, 0.4) is 0 Å². The smallest absolute Gasteiger partial charge is 0.113 e. The van der Waals surface area contributed by atoms with Crippen molar-refractivity contribution in [3.05, 3.63) is 58.9 Å². The van der Waals surface area contributed by atoms with E-state index in [1.807, 2.05) is 0 Å². The SMILES string of the molecule is CC1(C)CCc2nc(C#Cc3cccc(N4CCCCC4)c3)ccc2C1. The second-order valence-electron chi connectivity index (χ2n) is 8.49. The van der Waals surface area contributed by atoms with Crippen molar-refractivity contribution in [1.82, 2.24) is 4.98 Å². The lowest BCUT2D eigenvalue weighted by atomic mass is 9.76. The first-order valence-electron chi connectivity index (χ1n) is 9.95. The van der Waals surface area contributed by atoms with Gasteiger partial charge in [0.05, 0.1) is 0 Å². The molecule has 4 rings (SSSR count). The summed E-state index contributed by atoms with van der Waals surface area (Å²) in [4.78, 5) is 7.30. The number of rotatable bonds is 1. The summed E-state index contributed by atoms with van der Waals surface area (Å²) in [5.41, 5.74) is 6.33. The van der Waals surface area contributed by atoms with Gasteiger partial charge in [0.25, 0.3) is 0 Å². The number of aromatic nitrogens is 1. The number of nitrogens with zero attached hydrogens (tertiary/aromatic N) is 2. The Morgan fingerprint density at radius 3 is 2.69 bits per heavy atom. The van der Waals surface area contributed by atoms with Crippen molar-refractivity contribution in [3.8, 4) is 11.8 Å². The molecular weight excluding hydrogens is 316 g/mol. The van der Waals surface area contributed by atoms with Crippen LogP contribution in [0.2, 0.25) is 0 Å². The van der Waals surface area contributed by atoms with Gasteiger partial charge in [-0.2, -0.15) is 0 Å². The number of fused-ring (bicyclic) bond motifs is 1. The number of pyridine rings is 1. The normalized spacial score (nSPS) is 18.6. The van der Waals surface area contributed by atoms with E-state index in [2.05, 4.69) is 67.0 Å². The van der Waals surface area contributed by atoms with E-state index in [1.165, 1.54) is 55.7 Å². The predicted octanol–water partition coefficient (Wildman–Crippen LogP) is 4.99. The first-order chi connectivity index (χ1) is 12.6. The van der Waals surface area contributed by atoms with Gasteiger partial charge < -0.3 is 4.90 Å². The van der Waals surface area contributed by atoms with E-state index in [1.54, 1.807) is 0 Å². The van der Waals surface area contributed by atoms with Crippen molar-refractivity contribution in [2.45, 2.75) is 52.4 Å². The van der Waals surface area contributed by atoms with Crippen LogP contribution < -0.4 is 4.90 Å². The van der Waals surface area contributed by atoms with Crippen LogP contribution in [0.5, 0.6) is 0 Å². The molecule has 1 fully saturated rings. The minimum Gasteiger partial charge on any atom is -0.372 e. The molecule has 2 heteroatoms. The first kappa shape index (κ1) is 17.2. The van der Waals surface area contributed by atoms with Crippen LogP contribution in [0.1, 0.15) is 62.0 Å². The average molecular weight is 345 g/mol. The highest BCUT2D eigenvalue weighted by molar-refractivity contribution is 5.53. The van der Waals surface area contributed by atoms with Crippen molar-refractivity contribution in [1.29, 1.82) is 0 Å². The van der Waals surface area contributed by atoms with Gasteiger partial charge in [-0.15, -0.1) is 0 Å². The summed E-state index contributed by atoms with van der Waals surface area (Å²) in [5, 5.41) is 0. The second-order valence-corrected chi connectivity index (χ2v) is 8.49. The third-order valence-corrected chi connectivity index (χ3v) is 5.68. The van der Waals surface area contributed by atoms with Crippen molar-refractivity contribution in [2.24, 2.45) is 5.41 Å². The van der Waals surface area contributed by atoms with E-state index in [9.17, 15) is 0 Å². The maximum atomic E-state index is 4.82. The summed E-state index contributed by atoms with van der Waals surface area (Å²) in [6.45, 7) is 7.02. The van der Waals surface area contributed by atoms with Crippen LogP contribution in [0, 0.1) is 17.3 Å². The Kier molecular flexibility index (Phi) is 4.72. The van der Waals surface area contributed by atoms with Crippen LogP contribution in [0.4, 0.5) is 5.69 Å². The van der Waals surface area contributed by atoms with Gasteiger partial charge in [-0.25, -0.2) is 4.98 Å². The molecule has 26 heavy (non-hydrogen) atoms. The van der Waals surface area contributed by atoms with Gasteiger partial charge in [0.1, 0.15) is 5.69 Å². The number of hydrogen-bond acceptors (Lipinski definition) is 2. The van der Waals surface area contributed by atoms with Crippen molar-refractivity contribution in [2.75, 3.05) is 18.0 Å². The molecule has 0 spiro atoms. The van der Waals surface area contributed by atoms with Crippen molar-refractivity contribution in [3.63, 3.8) is 0 Å². The second kappa shape index (κ2) is 7.16. The van der Waals surface area contributed by atoms with Gasteiger partial charge in [-0.05, 0) is 79.7 Å². The first-order valence-corrected chi connectivity index (χ1v) is 9.95. The molecule has 2 heterocycles. The Morgan fingerprint density at radius 2 is 1.85 bits per heavy atom. The molecule has 0 radical (unpaired) electrons. The fourth-order valence-electron chi connectivity index (χ4n) is 4.11. The van der Waals surface area contributed by atoms with Gasteiger partial charge >= 0.3 is 0 Å². The molecule has 1 aliphatic carbocycles. The van der Waals surface area contributed by atoms with Gasteiger partial charge in [0.2, 0.25) is 0 Å². The molecule has 0 unspecified atom stereocenters. The molecule has 0 atom stereocenters. The van der Waals surface area contributed by atoms with Crippen LogP contribution in [0.25, 0.3) is 0 Å². The van der Waals surface area contributed by atoms with E-state index in [0.29, 0.717) is 5.41 Å². The summed E-state index contributed by atoms with van der Waals surface area (Å²) in [7, 11) is 0. The Bertz CT molecular complexity index is 848. The molecule has 2 aliphatic rings. The topological polar surface area (TPSA) is 16.1 Å². The summed E-state index contributed by atoms with van der Waals surface area (Å²) < 4.78 is 0. The van der Waals surface area contributed by atoms with Crippen LogP contribution in [-0.4, -0.2) is 18.1 Å².